The van der Waals surface area contributed by atoms with Gasteiger partial charge < -0.3 is 19.3 Å². The van der Waals surface area contributed by atoms with Crippen LogP contribution in [-0.4, -0.2) is 61.6 Å². The highest BCUT2D eigenvalue weighted by Crippen LogP contribution is 2.28. The Kier molecular flexibility index (Phi) is 5.10. The first-order chi connectivity index (χ1) is 10.8. The van der Waals surface area contributed by atoms with Gasteiger partial charge in [0.05, 0.1) is 25.4 Å². The summed E-state index contributed by atoms with van der Waals surface area (Å²) in [5.41, 5.74) is 0. The molecule has 3 rings (SSSR count). The van der Waals surface area contributed by atoms with E-state index in [1.807, 2.05) is 0 Å². The lowest BCUT2D eigenvalue weighted by molar-refractivity contribution is 0.0364. The minimum atomic E-state index is 0.289. The number of rotatable bonds is 4. The summed E-state index contributed by atoms with van der Waals surface area (Å²) >= 11 is 0. The number of nitrogens with zero attached hydrogens (tertiary/aromatic N) is 4. The topological polar surface area (TPSA) is 50.7 Å². The molecule has 0 spiro atoms. The molecule has 2 atom stereocenters. The molecule has 0 bridgehead atoms. The molecule has 3 heterocycles. The van der Waals surface area contributed by atoms with Crippen molar-refractivity contribution in [1.29, 1.82) is 0 Å². The molecular formula is C16H26N4O2. The van der Waals surface area contributed by atoms with E-state index in [0.29, 0.717) is 0 Å². The van der Waals surface area contributed by atoms with Crippen LogP contribution in [0.15, 0.2) is 12.4 Å². The van der Waals surface area contributed by atoms with Crippen molar-refractivity contribution in [3.05, 3.63) is 12.4 Å². The number of hydrogen-bond donors (Lipinski definition) is 0. The van der Waals surface area contributed by atoms with Gasteiger partial charge in [0.2, 0.25) is 0 Å². The predicted molar refractivity (Wildman–Crippen MR) is 86.5 cm³/mol. The molecule has 0 amide bonds. The lowest BCUT2D eigenvalue weighted by Crippen LogP contribution is -2.46. The second kappa shape index (κ2) is 7.24. The maximum Gasteiger partial charge on any atom is 0.172 e. The second-order valence-corrected chi connectivity index (χ2v) is 5.90. The van der Waals surface area contributed by atoms with Crippen molar-refractivity contribution < 1.29 is 9.47 Å². The minimum Gasteiger partial charge on any atom is -0.375 e. The monoisotopic (exact) mass is 306 g/mol. The summed E-state index contributed by atoms with van der Waals surface area (Å²) in [7, 11) is 0. The van der Waals surface area contributed by atoms with Crippen LogP contribution in [0.4, 0.5) is 11.6 Å². The van der Waals surface area contributed by atoms with E-state index in [0.717, 1.165) is 63.9 Å². The van der Waals surface area contributed by atoms with Crippen LogP contribution in [0.3, 0.4) is 0 Å². The summed E-state index contributed by atoms with van der Waals surface area (Å²) in [4.78, 5) is 13.9. The van der Waals surface area contributed by atoms with Crippen LogP contribution >= 0.6 is 0 Å². The van der Waals surface area contributed by atoms with Crippen molar-refractivity contribution in [2.45, 2.75) is 38.9 Å². The van der Waals surface area contributed by atoms with Crippen LogP contribution in [0.5, 0.6) is 0 Å². The summed E-state index contributed by atoms with van der Waals surface area (Å²) in [6.45, 7) is 9.39. The number of morpholine rings is 2. The summed E-state index contributed by atoms with van der Waals surface area (Å²) in [6.07, 6.45) is 6.21. The average molecular weight is 306 g/mol. The zero-order valence-corrected chi connectivity index (χ0v) is 13.6. The van der Waals surface area contributed by atoms with E-state index in [1.54, 1.807) is 12.4 Å². The number of ether oxygens (including phenoxy) is 2. The van der Waals surface area contributed by atoms with Crippen LogP contribution in [0.25, 0.3) is 0 Å². The molecule has 122 valence electrons. The molecule has 2 aliphatic rings. The minimum absolute atomic E-state index is 0.289. The Labute approximate surface area is 132 Å². The molecule has 2 unspecified atom stereocenters. The summed E-state index contributed by atoms with van der Waals surface area (Å²) in [5.74, 6) is 1.97. The average Bonchev–Trinajstić information content (AvgIpc) is 2.62. The van der Waals surface area contributed by atoms with Gasteiger partial charge in [-0.2, -0.15) is 0 Å². The molecule has 6 nitrogen and oxygen atoms in total. The molecule has 0 N–H and O–H groups in total. The molecular weight excluding hydrogens is 280 g/mol. The van der Waals surface area contributed by atoms with Crippen LogP contribution in [0, 0.1) is 0 Å². The zero-order chi connectivity index (χ0) is 15.4. The molecule has 0 saturated carbocycles. The van der Waals surface area contributed by atoms with Gasteiger partial charge in [0, 0.05) is 38.6 Å². The van der Waals surface area contributed by atoms with E-state index < -0.39 is 0 Å². The molecule has 2 saturated heterocycles. The SMILES string of the molecule is CCC1CN(c2nccnc2N2CCOC(CC)C2)CCO1. The van der Waals surface area contributed by atoms with Crippen molar-refractivity contribution in [2.24, 2.45) is 0 Å². The van der Waals surface area contributed by atoms with E-state index in [-0.39, 0.29) is 12.2 Å². The number of anilines is 2. The molecule has 0 radical (unpaired) electrons. The van der Waals surface area contributed by atoms with Crippen molar-refractivity contribution in [2.75, 3.05) is 49.2 Å². The number of hydrogen-bond acceptors (Lipinski definition) is 6. The molecule has 1 aromatic heterocycles. The quantitative estimate of drug-likeness (QED) is 0.844. The molecule has 2 aliphatic heterocycles. The third-order valence-electron chi connectivity index (χ3n) is 4.45. The highest BCUT2D eigenvalue weighted by atomic mass is 16.5. The molecule has 1 aromatic rings. The van der Waals surface area contributed by atoms with E-state index in [1.165, 1.54) is 0 Å². The Hall–Kier alpha value is -1.40. The van der Waals surface area contributed by atoms with Crippen molar-refractivity contribution >= 4 is 11.6 Å². The lowest BCUT2D eigenvalue weighted by atomic mass is 10.2. The third-order valence-corrected chi connectivity index (χ3v) is 4.45. The summed E-state index contributed by atoms with van der Waals surface area (Å²) in [6, 6.07) is 0. The largest absolute Gasteiger partial charge is 0.375 e. The highest BCUT2D eigenvalue weighted by Gasteiger charge is 2.27. The van der Waals surface area contributed by atoms with E-state index in [4.69, 9.17) is 9.47 Å². The summed E-state index contributed by atoms with van der Waals surface area (Å²) in [5, 5.41) is 0. The van der Waals surface area contributed by atoms with Crippen LogP contribution < -0.4 is 9.80 Å². The third kappa shape index (κ3) is 3.33. The second-order valence-electron chi connectivity index (χ2n) is 5.90. The predicted octanol–water partition coefficient (Wildman–Crippen LogP) is 1.71. The maximum atomic E-state index is 5.78. The highest BCUT2D eigenvalue weighted by molar-refractivity contribution is 5.62. The van der Waals surface area contributed by atoms with Gasteiger partial charge in [-0.05, 0) is 12.8 Å². The van der Waals surface area contributed by atoms with Gasteiger partial charge in [-0.1, -0.05) is 13.8 Å². The van der Waals surface area contributed by atoms with Gasteiger partial charge in [0.25, 0.3) is 0 Å². The molecule has 2 fully saturated rings. The van der Waals surface area contributed by atoms with Gasteiger partial charge in [-0.3, -0.25) is 0 Å². The Morgan fingerprint density at radius 2 is 1.36 bits per heavy atom. The van der Waals surface area contributed by atoms with Crippen LogP contribution in [-0.2, 0) is 9.47 Å². The van der Waals surface area contributed by atoms with Gasteiger partial charge in [-0.25, -0.2) is 9.97 Å². The fourth-order valence-corrected chi connectivity index (χ4v) is 3.09. The van der Waals surface area contributed by atoms with Crippen LogP contribution in [0.2, 0.25) is 0 Å². The fourth-order valence-electron chi connectivity index (χ4n) is 3.09. The lowest BCUT2D eigenvalue weighted by Gasteiger charge is -2.38. The van der Waals surface area contributed by atoms with Gasteiger partial charge in [-0.15, -0.1) is 0 Å². The Balaban J connectivity index is 1.80. The first-order valence-corrected chi connectivity index (χ1v) is 8.36. The van der Waals surface area contributed by atoms with E-state index in [2.05, 4.69) is 33.6 Å². The first kappa shape index (κ1) is 15.5. The Morgan fingerprint density at radius 3 is 1.77 bits per heavy atom. The Morgan fingerprint density at radius 1 is 0.909 bits per heavy atom. The van der Waals surface area contributed by atoms with Gasteiger partial charge in [0.1, 0.15) is 0 Å². The van der Waals surface area contributed by atoms with E-state index >= 15 is 0 Å². The molecule has 0 aliphatic carbocycles. The fraction of sp³-hybridized carbons (Fsp3) is 0.750. The maximum absolute atomic E-state index is 5.78. The standard InChI is InChI=1S/C16H26N4O2/c1-3-13-11-19(7-9-21-13)15-16(18-6-5-17-15)20-8-10-22-14(4-2)12-20/h5-6,13-14H,3-4,7-12H2,1-2H3. The Bertz CT molecular complexity index is 442. The van der Waals surface area contributed by atoms with Crippen LogP contribution in [0.1, 0.15) is 26.7 Å². The van der Waals surface area contributed by atoms with Crippen molar-refractivity contribution in [1.82, 2.24) is 9.97 Å². The first-order valence-electron chi connectivity index (χ1n) is 8.36. The molecule has 22 heavy (non-hydrogen) atoms. The number of aromatic nitrogens is 2. The van der Waals surface area contributed by atoms with Crippen molar-refractivity contribution in [3.63, 3.8) is 0 Å². The smallest absolute Gasteiger partial charge is 0.172 e. The zero-order valence-electron chi connectivity index (χ0n) is 13.6. The summed E-state index contributed by atoms with van der Waals surface area (Å²) < 4.78 is 11.6. The normalized spacial score (nSPS) is 26.3. The molecule has 6 heteroatoms. The van der Waals surface area contributed by atoms with E-state index in [9.17, 15) is 0 Å². The molecule has 0 aromatic carbocycles. The van der Waals surface area contributed by atoms with Gasteiger partial charge >= 0.3 is 0 Å². The van der Waals surface area contributed by atoms with Crippen molar-refractivity contribution in [3.8, 4) is 0 Å². The van der Waals surface area contributed by atoms with Gasteiger partial charge in [0.15, 0.2) is 11.6 Å².